The maximum Gasteiger partial charge on any atom is 0.409 e. The molecule has 9 nitrogen and oxygen atoms in total. The van der Waals surface area contributed by atoms with Gasteiger partial charge in [-0.2, -0.15) is 4.31 Å². The summed E-state index contributed by atoms with van der Waals surface area (Å²) in [7, 11) is -1.30. The fourth-order valence-electron chi connectivity index (χ4n) is 2.75. The number of benzene rings is 1. The first-order valence-electron chi connectivity index (χ1n) is 8.70. The molecule has 0 saturated carbocycles. The molecule has 1 aliphatic heterocycles. The first kappa shape index (κ1) is 22.3. The monoisotopic (exact) mass is 433 g/mol. The van der Waals surface area contributed by atoms with Crippen LogP contribution in [0.1, 0.15) is 6.92 Å². The van der Waals surface area contributed by atoms with Gasteiger partial charge in [0, 0.05) is 38.2 Å². The number of hydrogen-bond donors (Lipinski definition) is 0. The van der Waals surface area contributed by atoms with Gasteiger partial charge in [0.2, 0.25) is 15.9 Å². The second-order valence-corrected chi connectivity index (χ2v) is 8.57. The number of carbonyl (C=O) groups is 2. The van der Waals surface area contributed by atoms with Gasteiger partial charge in [-0.1, -0.05) is 11.6 Å². The molecular weight excluding hydrogens is 410 g/mol. The summed E-state index contributed by atoms with van der Waals surface area (Å²) in [5.41, 5.74) is 0. The Balaban J connectivity index is 2.03. The van der Waals surface area contributed by atoms with Crippen LogP contribution in [0.5, 0.6) is 5.75 Å². The molecule has 0 aliphatic carbocycles. The van der Waals surface area contributed by atoms with E-state index in [4.69, 9.17) is 21.1 Å². The van der Waals surface area contributed by atoms with Crippen LogP contribution in [0.25, 0.3) is 0 Å². The highest BCUT2D eigenvalue weighted by atomic mass is 35.5. The third kappa shape index (κ3) is 5.06. The predicted octanol–water partition coefficient (Wildman–Crippen LogP) is 1.27. The van der Waals surface area contributed by atoms with Gasteiger partial charge in [0.15, 0.2) is 0 Å². The van der Waals surface area contributed by atoms with E-state index in [1.807, 2.05) is 0 Å². The Hall–Kier alpha value is -2.04. The third-order valence-electron chi connectivity index (χ3n) is 4.33. The largest absolute Gasteiger partial charge is 0.495 e. The van der Waals surface area contributed by atoms with Crippen molar-refractivity contribution in [1.82, 2.24) is 14.1 Å². The zero-order valence-electron chi connectivity index (χ0n) is 16.1. The van der Waals surface area contributed by atoms with Gasteiger partial charge in [0.05, 0.1) is 20.3 Å². The summed E-state index contributed by atoms with van der Waals surface area (Å²) in [6.07, 6.45) is -0.414. The number of piperazine rings is 1. The van der Waals surface area contributed by atoms with Crippen LogP contribution in [0.4, 0.5) is 4.79 Å². The average molecular weight is 434 g/mol. The third-order valence-corrected chi connectivity index (χ3v) is 6.39. The van der Waals surface area contributed by atoms with Crippen molar-refractivity contribution < 1.29 is 27.5 Å². The van der Waals surface area contributed by atoms with Gasteiger partial charge in [-0.25, -0.2) is 13.2 Å². The summed E-state index contributed by atoms with van der Waals surface area (Å²) in [6, 6.07) is 4.27. The number of carbonyl (C=O) groups excluding carboxylic acids is 2. The zero-order valence-corrected chi connectivity index (χ0v) is 17.6. The first-order valence-corrected chi connectivity index (χ1v) is 10.5. The van der Waals surface area contributed by atoms with Crippen molar-refractivity contribution >= 4 is 33.6 Å². The summed E-state index contributed by atoms with van der Waals surface area (Å²) in [4.78, 5) is 27.2. The van der Waals surface area contributed by atoms with Crippen molar-refractivity contribution in [2.24, 2.45) is 0 Å². The lowest BCUT2D eigenvalue weighted by Gasteiger charge is -2.34. The Morgan fingerprint density at radius 3 is 2.36 bits per heavy atom. The Morgan fingerprint density at radius 2 is 1.79 bits per heavy atom. The van der Waals surface area contributed by atoms with Crippen LogP contribution in [0.15, 0.2) is 23.1 Å². The molecule has 0 radical (unpaired) electrons. The quantitative estimate of drug-likeness (QED) is 0.670. The average Bonchev–Trinajstić information content (AvgIpc) is 2.68. The summed E-state index contributed by atoms with van der Waals surface area (Å²) in [5, 5.41) is 0.245. The van der Waals surface area contributed by atoms with Gasteiger partial charge in [0.1, 0.15) is 10.6 Å². The molecule has 0 N–H and O–H groups in total. The number of ether oxygens (including phenoxy) is 2. The second kappa shape index (κ2) is 9.44. The van der Waals surface area contributed by atoms with Gasteiger partial charge >= 0.3 is 6.09 Å². The lowest BCUT2D eigenvalue weighted by Crippen LogP contribution is -2.52. The summed E-state index contributed by atoms with van der Waals surface area (Å²) in [6.45, 7) is 2.97. The molecule has 1 aliphatic rings. The molecule has 11 heteroatoms. The molecule has 28 heavy (non-hydrogen) atoms. The fraction of sp³-hybridized carbons (Fsp3) is 0.529. The summed E-state index contributed by atoms with van der Waals surface area (Å²) >= 11 is 5.92. The molecule has 1 fully saturated rings. The number of nitrogens with zero attached hydrogens (tertiary/aromatic N) is 3. The van der Waals surface area contributed by atoms with Crippen LogP contribution in [0.3, 0.4) is 0 Å². The number of rotatable bonds is 6. The summed E-state index contributed by atoms with van der Waals surface area (Å²) < 4.78 is 36.7. The number of sulfonamides is 1. The first-order chi connectivity index (χ1) is 13.2. The second-order valence-electron chi connectivity index (χ2n) is 6.12. The van der Waals surface area contributed by atoms with Crippen LogP contribution in [-0.4, -0.2) is 88.0 Å². The molecule has 0 spiro atoms. The molecule has 1 heterocycles. The minimum atomic E-state index is -3.98. The Kier molecular flexibility index (Phi) is 7.50. The van der Waals surface area contributed by atoms with Crippen molar-refractivity contribution in [3.63, 3.8) is 0 Å². The highest BCUT2D eigenvalue weighted by Crippen LogP contribution is 2.29. The summed E-state index contributed by atoms with van der Waals surface area (Å²) in [5.74, 6) is -0.206. The molecule has 0 aromatic heterocycles. The number of hydrogen-bond acceptors (Lipinski definition) is 6. The Morgan fingerprint density at radius 1 is 1.18 bits per heavy atom. The Labute approximate surface area is 169 Å². The van der Waals surface area contributed by atoms with Gasteiger partial charge in [0.25, 0.3) is 0 Å². The SMILES string of the molecule is CCOC(=O)N1CCN(C(=O)CN(C)S(=O)(=O)c2cc(Cl)ccc2OC)CC1. The van der Waals surface area contributed by atoms with Crippen molar-refractivity contribution in [1.29, 1.82) is 0 Å². The van der Waals surface area contributed by atoms with Crippen LogP contribution < -0.4 is 4.74 Å². The smallest absolute Gasteiger partial charge is 0.409 e. The van der Waals surface area contributed by atoms with Crippen molar-refractivity contribution in [2.75, 3.05) is 53.5 Å². The van der Waals surface area contributed by atoms with E-state index in [1.165, 1.54) is 42.2 Å². The van der Waals surface area contributed by atoms with Crippen LogP contribution in [0.2, 0.25) is 5.02 Å². The Bertz CT molecular complexity index is 824. The zero-order chi connectivity index (χ0) is 20.9. The van der Waals surface area contributed by atoms with E-state index < -0.39 is 16.1 Å². The lowest BCUT2D eigenvalue weighted by atomic mass is 10.3. The van der Waals surface area contributed by atoms with E-state index >= 15 is 0 Å². The fourth-order valence-corrected chi connectivity index (χ4v) is 4.28. The van der Waals surface area contributed by atoms with Crippen molar-refractivity contribution in [3.8, 4) is 5.75 Å². The molecule has 156 valence electrons. The molecule has 0 bridgehead atoms. The highest BCUT2D eigenvalue weighted by molar-refractivity contribution is 7.89. The molecule has 2 amide bonds. The van der Waals surface area contributed by atoms with Gasteiger partial charge in [-0.05, 0) is 25.1 Å². The van der Waals surface area contributed by atoms with Crippen LogP contribution in [-0.2, 0) is 19.6 Å². The standard InChI is InChI=1S/C17H24ClN3O6S/c1-4-27-17(23)21-9-7-20(8-10-21)16(22)12-19(2)28(24,25)15-11-13(18)5-6-14(15)26-3/h5-6,11H,4,7-10,12H2,1-3H3. The molecule has 2 rings (SSSR count). The predicted molar refractivity (Wildman–Crippen MR) is 103 cm³/mol. The maximum absolute atomic E-state index is 12.8. The lowest BCUT2D eigenvalue weighted by molar-refractivity contribution is -0.132. The normalized spacial score (nSPS) is 14.9. The van der Waals surface area contributed by atoms with Gasteiger partial charge in [-0.15, -0.1) is 0 Å². The molecule has 1 aromatic carbocycles. The minimum absolute atomic E-state index is 0.107. The van der Waals surface area contributed by atoms with E-state index in [2.05, 4.69) is 0 Å². The van der Waals surface area contributed by atoms with E-state index in [-0.39, 0.29) is 34.7 Å². The van der Waals surface area contributed by atoms with Gasteiger partial charge in [-0.3, -0.25) is 4.79 Å². The molecule has 1 aromatic rings. The number of methoxy groups -OCH3 is 1. The van der Waals surface area contributed by atoms with E-state index in [0.717, 1.165) is 4.31 Å². The molecular formula is C17H24ClN3O6S. The maximum atomic E-state index is 12.8. The number of halogens is 1. The van der Waals surface area contributed by atoms with E-state index in [0.29, 0.717) is 26.2 Å². The van der Waals surface area contributed by atoms with Crippen molar-refractivity contribution in [2.45, 2.75) is 11.8 Å². The van der Waals surface area contributed by atoms with E-state index in [9.17, 15) is 18.0 Å². The topological polar surface area (TPSA) is 96.5 Å². The number of amides is 2. The van der Waals surface area contributed by atoms with Gasteiger partial charge < -0.3 is 19.3 Å². The molecule has 0 atom stereocenters. The highest BCUT2D eigenvalue weighted by Gasteiger charge is 2.30. The van der Waals surface area contributed by atoms with E-state index in [1.54, 1.807) is 6.92 Å². The molecule has 0 unspecified atom stereocenters. The number of likely N-dealkylation sites (N-methyl/N-ethyl adjacent to an activating group) is 1. The van der Waals surface area contributed by atoms with Crippen LogP contribution in [0, 0.1) is 0 Å². The minimum Gasteiger partial charge on any atom is -0.495 e. The molecule has 1 saturated heterocycles. The van der Waals surface area contributed by atoms with Crippen molar-refractivity contribution in [3.05, 3.63) is 23.2 Å². The van der Waals surface area contributed by atoms with Crippen LogP contribution >= 0.6 is 11.6 Å².